The van der Waals surface area contributed by atoms with Crippen molar-refractivity contribution in [2.75, 3.05) is 5.32 Å². The van der Waals surface area contributed by atoms with Crippen molar-refractivity contribution in [1.82, 2.24) is 0 Å². The highest BCUT2D eigenvalue weighted by Crippen LogP contribution is 2.34. The molecule has 0 radical (unpaired) electrons. The molecule has 0 spiro atoms. The van der Waals surface area contributed by atoms with E-state index < -0.39 is 29.7 Å². The Labute approximate surface area is 149 Å². The number of esters is 1. The SMILES string of the molecule is Cc1ccc(C(=O)O[C@@H](C)C(=O)Nc2ccccc2C(F)(F)F)cc1C. The van der Waals surface area contributed by atoms with Crippen LogP contribution in [-0.4, -0.2) is 18.0 Å². The number of hydrogen-bond donors (Lipinski definition) is 1. The molecule has 2 aromatic carbocycles. The third-order valence-electron chi connectivity index (χ3n) is 3.89. The van der Waals surface area contributed by atoms with Crippen molar-refractivity contribution in [2.24, 2.45) is 0 Å². The number of benzene rings is 2. The number of rotatable bonds is 4. The van der Waals surface area contributed by atoms with Crippen molar-refractivity contribution in [2.45, 2.75) is 33.1 Å². The molecule has 0 aliphatic rings. The van der Waals surface area contributed by atoms with Crippen LogP contribution in [0.25, 0.3) is 0 Å². The van der Waals surface area contributed by atoms with Crippen LogP contribution < -0.4 is 5.32 Å². The van der Waals surface area contributed by atoms with E-state index in [1.807, 2.05) is 13.8 Å². The van der Waals surface area contributed by atoms with Gasteiger partial charge in [-0.2, -0.15) is 13.2 Å². The Morgan fingerprint density at radius 2 is 1.69 bits per heavy atom. The fourth-order valence-corrected chi connectivity index (χ4v) is 2.22. The number of carbonyl (C=O) groups excluding carboxylic acids is 2. The van der Waals surface area contributed by atoms with Gasteiger partial charge in [0.15, 0.2) is 6.10 Å². The normalized spacial score (nSPS) is 12.4. The van der Waals surface area contributed by atoms with E-state index in [-0.39, 0.29) is 11.3 Å². The molecule has 0 fully saturated rings. The van der Waals surface area contributed by atoms with Crippen LogP contribution >= 0.6 is 0 Å². The second-order valence-electron chi connectivity index (χ2n) is 5.88. The van der Waals surface area contributed by atoms with Gasteiger partial charge in [-0.3, -0.25) is 4.79 Å². The molecule has 1 atom stereocenters. The van der Waals surface area contributed by atoms with Crippen molar-refractivity contribution in [3.63, 3.8) is 0 Å². The fraction of sp³-hybridized carbons (Fsp3) is 0.263. The lowest BCUT2D eigenvalue weighted by Gasteiger charge is -2.17. The topological polar surface area (TPSA) is 55.4 Å². The third kappa shape index (κ3) is 4.62. The summed E-state index contributed by atoms with van der Waals surface area (Å²) in [5, 5.41) is 2.16. The van der Waals surface area contributed by atoms with Crippen LogP contribution in [0.5, 0.6) is 0 Å². The summed E-state index contributed by atoms with van der Waals surface area (Å²) in [6.07, 6.45) is -5.87. The Hall–Kier alpha value is -2.83. The molecule has 0 bridgehead atoms. The molecule has 0 unspecified atom stereocenters. The maximum Gasteiger partial charge on any atom is 0.418 e. The molecule has 0 saturated carbocycles. The van der Waals surface area contributed by atoms with Gasteiger partial charge in [-0.1, -0.05) is 18.2 Å². The molecular formula is C19H18F3NO3. The number of para-hydroxylation sites is 1. The summed E-state index contributed by atoms with van der Waals surface area (Å²) in [5.41, 5.74) is 0.787. The molecule has 0 aliphatic carbocycles. The number of aryl methyl sites for hydroxylation is 2. The summed E-state index contributed by atoms with van der Waals surface area (Å²) in [6, 6.07) is 9.53. The molecule has 0 saturated heterocycles. The third-order valence-corrected chi connectivity index (χ3v) is 3.89. The minimum Gasteiger partial charge on any atom is -0.449 e. The van der Waals surface area contributed by atoms with Crippen molar-refractivity contribution in [3.8, 4) is 0 Å². The van der Waals surface area contributed by atoms with Gasteiger partial charge in [0.2, 0.25) is 0 Å². The first-order chi connectivity index (χ1) is 12.1. The van der Waals surface area contributed by atoms with Crippen LogP contribution in [0.1, 0.15) is 34.0 Å². The summed E-state index contributed by atoms with van der Waals surface area (Å²) in [7, 11) is 0. The summed E-state index contributed by atoms with van der Waals surface area (Å²) in [5.74, 6) is -1.57. The van der Waals surface area contributed by atoms with Crippen LogP contribution in [0, 0.1) is 13.8 Å². The van der Waals surface area contributed by atoms with E-state index in [0.29, 0.717) is 0 Å². The van der Waals surface area contributed by atoms with Gasteiger partial charge in [0.1, 0.15) is 0 Å². The van der Waals surface area contributed by atoms with Gasteiger partial charge in [-0.25, -0.2) is 4.79 Å². The second-order valence-corrected chi connectivity index (χ2v) is 5.88. The minimum absolute atomic E-state index is 0.267. The standard InChI is InChI=1S/C19H18F3NO3/c1-11-8-9-14(10-12(11)2)18(25)26-13(3)17(24)23-16-7-5-4-6-15(16)19(20,21)22/h4-10,13H,1-3H3,(H,23,24)/t13-/m0/s1. The number of hydrogen-bond acceptors (Lipinski definition) is 3. The van der Waals surface area contributed by atoms with Crippen LogP contribution in [0.4, 0.5) is 18.9 Å². The van der Waals surface area contributed by atoms with E-state index >= 15 is 0 Å². The summed E-state index contributed by atoms with van der Waals surface area (Å²) < 4.78 is 44.0. The predicted molar refractivity (Wildman–Crippen MR) is 90.9 cm³/mol. The predicted octanol–water partition coefficient (Wildman–Crippen LogP) is 4.51. The van der Waals surface area contributed by atoms with E-state index in [0.717, 1.165) is 23.3 Å². The van der Waals surface area contributed by atoms with Gasteiger partial charge >= 0.3 is 12.1 Å². The first-order valence-corrected chi connectivity index (χ1v) is 7.85. The zero-order valence-corrected chi connectivity index (χ0v) is 14.5. The van der Waals surface area contributed by atoms with Crippen LogP contribution in [-0.2, 0) is 15.7 Å². The molecule has 2 aromatic rings. The molecular weight excluding hydrogens is 347 g/mol. The summed E-state index contributed by atoms with van der Waals surface area (Å²) in [4.78, 5) is 24.2. The first-order valence-electron chi connectivity index (χ1n) is 7.85. The number of carbonyl (C=O) groups is 2. The number of halogens is 3. The zero-order chi connectivity index (χ0) is 19.5. The Kier molecular flexibility index (Phi) is 5.69. The molecule has 7 heteroatoms. The van der Waals surface area contributed by atoms with Crippen LogP contribution in [0.3, 0.4) is 0 Å². The van der Waals surface area contributed by atoms with Gasteiger partial charge in [0.05, 0.1) is 16.8 Å². The summed E-state index contributed by atoms with van der Waals surface area (Å²) in [6.45, 7) is 5.01. The van der Waals surface area contributed by atoms with Crippen molar-refractivity contribution < 1.29 is 27.5 Å². The van der Waals surface area contributed by atoms with Crippen molar-refractivity contribution in [3.05, 3.63) is 64.7 Å². The molecule has 0 heterocycles. The van der Waals surface area contributed by atoms with Gasteiger partial charge < -0.3 is 10.1 Å². The largest absolute Gasteiger partial charge is 0.449 e. The van der Waals surface area contributed by atoms with Crippen LogP contribution in [0.2, 0.25) is 0 Å². The molecule has 4 nitrogen and oxygen atoms in total. The van der Waals surface area contributed by atoms with E-state index in [4.69, 9.17) is 4.74 Å². The molecule has 1 N–H and O–H groups in total. The second kappa shape index (κ2) is 7.59. The van der Waals surface area contributed by atoms with Gasteiger partial charge in [0, 0.05) is 0 Å². The highest BCUT2D eigenvalue weighted by Gasteiger charge is 2.34. The van der Waals surface area contributed by atoms with Gasteiger partial charge in [-0.15, -0.1) is 0 Å². The molecule has 0 aromatic heterocycles. The van der Waals surface area contributed by atoms with Crippen molar-refractivity contribution >= 4 is 17.6 Å². The number of nitrogens with one attached hydrogen (secondary N) is 1. The van der Waals surface area contributed by atoms with E-state index in [1.165, 1.54) is 19.1 Å². The number of amides is 1. The maximum atomic E-state index is 13.0. The lowest BCUT2D eigenvalue weighted by atomic mass is 10.1. The maximum absolute atomic E-state index is 13.0. The fourth-order valence-electron chi connectivity index (χ4n) is 2.22. The Morgan fingerprint density at radius 3 is 2.31 bits per heavy atom. The molecule has 2 rings (SSSR count). The Bertz CT molecular complexity index is 831. The van der Waals surface area contributed by atoms with E-state index in [2.05, 4.69) is 5.32 Å². The highest BCUT2D eigenvalue weighted by atomic mass is 19.4. The quantitative estimate of drug-likeness (QED) is 0.812. The smallest absolute Gasteiger partial charge is 0.418 e. The monoisotopic (exact) mass is 365 g/mol. The first kappa shape index (κ1) is 19.5. The zero-order valence-electron chi connectivity index (χ0n) is 14.5. The van der Waals surface area contributed by atoms with E-state index in [9.17, 15) is 22.8 Å². The average Bonchev–Trinajstić information content (AvgIpc) is 2.56. The van der Waals surface area contributed by atoms with Gasteiger partial charge in [0.25, 0.3) is 5.91 Å². The average molecular weight is 365 g/mol. The lowest BCUT2D eigenvalue weighted by Crippen LogP contribution is -2.30. The molecule has 0 aliphatic heterocycles. The Morgan fingerprint density at radius 1 is 1.04 bits per heavy atom. The minimum atomic E-state index is -4.61. The number of alkyl halides is 3. The van der Waals surface area contributed by atoms with Gasteiger partial charge in [-0.05, 0) is 56.2 Å². The highest BCUT2D eigenvalue weighted by molar-refractivity contribution is 5.97. The molecule has 1 amide bonds. The van der Waals surface area contributed by atoms with Crippen molar-refractivity contribution in [1.29, 1.82) is 0 Å². The van der Waals surface area contributed by atoms with Crippen LogP contribution in [0.15, 0.2) is 42.5 Å². The molecule has 138 valence electrons. The molecule has 26 heavy (non-hydrogen) atoms. The number of anilines is 1. The Balaban J connectivity index is 2.09. The summed E-state index contributed by atoms with van der Waals surface area (Å²) >= 11 is 0. The lowest BCUT2D eigenvalue weighted by molar-refractivity contribution is -0.137. The van der Waals surface area contributed by atoms with E-state index in [1.54, 1.807) is 18.2 Å². The number of ether oxygens (including phenoxy) is 1.